The van der Waals surface area contributed by atoms with E-state index < -0.39 is 63.2 Å². The van der Waals surface area contributed by atoms with Gasteiger partial charge in [0, 0.05) is 79.5 Å². The largest absolute Gasteiger partial charge is 0.497 e. The van der Waals surface area contributed by atoms with Crippen molar-refractivity contribution in [3.05, 3.63) is 54.5 Å². The third-order valence-electron chi connectivity index (χ3n) is 13.3. The van der Waals surface area contributed by atoms with Gasteiger partial charge in [0.15, 0.2) is 5.13 Å². The fraction of sp³-hybridized carbons (Fsp3) is 0.592. The van der Waals surface area contributed by atoms with E-state index in [9.17, 15) is 22.8 Å². The van der Waals surface area contributed by atoms with Gasteiger partial charge in [0.05, 0.1) is 24.9 Å². The quantitative estimate of drug-likeness (QED) is 0.126. The van der Waals surface area contributed by atoms with Crippen LogP contribution < -0.4 is 36.1 Å². The Hall–Kier alpha value is -5.31. The lowest BCUT2D eigenvalue weighted by Gasteiger charge is -2.35. The Labute approximate surface area is 410 Å². The van der Waals surface area contributed by atoms with Crippen LogP contribution in [0.25, 0.3) is 22.3 Å². The molecule has 5 heterocycles. The number of amides is 5. The summed E-state index contributed by atoms with van der Waals surface area (Å²) in [6.45, 7) is 18.2. The van der Waals surface area contributed by atoms with Crippen LogP contribution in [0, 0.1) is 11.3 Å². The molecule has 6 atom stereocenters. The molecule has 3 aliphatic heterocycles. The molecule has 7 rings (SSSR count). The van der Waals surface area contributed by atoms with E-state index >= 15 is 4.79 Å². The number of urea groups is 1. The number of pyridine rings is 1. The first-order chi connectivity index (χ1) is 32.7. The second kappa shape index (κ2) is 21.4. The van der Waals surface area contributed by atoms with Gasteiger partial charge >= 0.3 is 6.03 Å². The second-order valence-corrected chi connectivity index (χ2v) is 22.9. The predicted octanol–water partition coefficient (Wildman–Crippen LogP) is 5.59. The zero-order valence-electron chi connectivity index (χ0n) is 41.2. The number of allylic oxidation sites excluding steroid dienone is 1. The van der Waals surface area contributed by atoms with Gasteiger partial charge in [-0.15, -0.1) is 17.9 Å². The summed E-state index contributed by atoms with van der Waals surface area (Å²) in [6, 6.07) is 3.88. The molecule has 0 radical (unpaired) electrons. The number of rotatable bonds is 14. The minimum Gasteiger partial charge on any atom is -0.497 e. The molecule has 1 saturated carbocycles. The SMILES string of the molecule is C=CCNC(=O)[C@@]12CC1C=CCCCCC[C@H](NC(=O)NC(CN1CCN(C(C)C)S1(=O)=O)C(C)(C)C)C(=O)N1C[C@H](Oc3cc(-c4csc(NC(C)C)n4)nc4cc(OC)ccc34)C[C@H]1C(=O)N2. The summed E-state index contributed by atoms with van der Waals surface area (Å²) < 4.78 is 42.2. The number of nitrogens with zero attached hydrogens (tertiary/aromatic N) is 5. The van der Waals surface area contributed by atoms with E-state index in [-0.39, 0.29) is 56.4 Å². The number of methoxy groups -OCH3 is 1. The zero-order valence-corrected chi connectivity index (χ0v) is 42.8. The Morgan fingerprint density at radius 2 is 1.86 bits per heavy atom. The molecule has 2 unspecified atom stereocenters. The number of anilines is 1. The Balaban J connectivity index is 1.20. The van der Waals surface area contributed by atoms with Crippen molar-refractivity contribution in [2.45, 2.75) is 135 Å². The summed E-state index contributed by atoms with van der Waals surface area (Å²) in [4.78, 5) is 69.1. The fourth-order valence-corrected chi connectivity index (χ4v) is 11.9. The van der Waals surface area contributed by atoms with Crippen molar-refractivity contribution in [1.82, 2.24) is 44.7 Å². The molecule has 5 amide bonds. The van der Waals surface area contributed by atoms with Gasteiger partial charge in [-0.3, -0.25) is 14.4 Å². The molecule has 18 nitrogen and oxygen atoms in total. The van der Waals surface area contributed by atoms with Crippen LogP contribution in [0.2, 0.25) is 0 Å². The van der Waals surface area contributed by atoms with Crippen molar-refractivity contribution in [3.63, 3.8) is 0 Å². The topological polar surface area (TPSA) is 217 Å². The first kappa shape index (κ1) is 51.5. The highest BCUT2D eigenvalue weighted by atomic mass is 32.2. The van der Waals surface area contributed by atoms with Crippen LogP contribution in [0.1, 0.15) is 93.4 Å². The lowest BCUT2D eigenvalue weighted by atomic mass is 9.86. The monoisotopic (exact) mass is 990 g/mol. The molecule has 69 heavy (non-hydrogen) atoms. The maximum absolute atomic E-state index is 15.2. The van der Waals surface area contributed by atoms with Crippen LogP contribution in [0.3, 0.4) is 0 Å². The molecule has 0 spiro atoms. The lowest BCUT2D eigenvalue weighted by Crippen LogP contribution is -2.59. The highest BCUT2D eigenvalue weighted by Gasteiger charge is 2.61. The van der Waals surface area contributed by atoms with Gasteiger partial charge in [-0.1, -0.05) is 51.8 Å². The van der Waals surface area contributed by atoms with E-state index in [1.165, 1.54) is 24.8 Å². The number of carbonyl (C=O) groups excluding carboxylic acids is 4. The molecular weight excluding hydrogens is 921 g/mol. The third-order valence-corrected chi connectivity index (χ3v) is 16.3. The fourth-order valence-electron chi connectivity index (χ4n) is 9.30. The zero-order chi connectivity index (χ0) is 49.8. The summed E-state index contributed by atoms with van der Waals surface area (Å²) in [6.07, 6.45) is 8.61. The maximum Gasteiger partial charge on any atom is 0.315 e. The van der Waals surface area contributed by atoms with E-state index in [0.29, 0.717) is 59.7 Å². The minimum absolute atomic E-state index is 0.00599. The van der Waals surface area contributed by atoms with Crippen LogP contribution >= 0.6 is 11.3 Å². The first-order valence-corrected chi connectivity index (χ1v) is 26.4. The summed E-state index contributed by atoms with van der Waals surface area (Å²) >= 11 is 1.46. The Bertz CT molecular complexity index is 2530. The maximum atomic E-state index is 15.2. The van der Waals surface area contributed by atoms with Crippen LogP contribution in [0.15, 0.2) is 54.5 Å². The van der Waals surface area contributed by atoms with Gasteiger partial charge in [-0.05, 0) is 70.9 Å². The summed E-state index contributed by atoms with van der Waals surface area (Å²) in [5.74, 6) is -0.487. The predicted molar refractivity (Wildman–Crippen MR) is 268 cm³/mol. The van der Waals surface area contributed by atoms with Crippen molar-refractivity contribution >= 4 is 61.3 Å². The van der Waals surface area contributed by atoms with Crippen LogP contribution in [0.5, 0.6) is 11.5 Å². The Morgan fingerprint density at radius 3 is 2.55 bits per heavy atom. The number of aromatic nitrogens is 2. The van der Waals surface area contributed by atoms with Crippen molar-refractivity contribution in [2.24, 2.45) is 11.3 Å². The number of hydrogen-bond donors (Lipinski definition) is 5. The molecule has 3 fully saturated rings. The third kappa shape index (κ3) is 11.8. The molecule has 1 aromatic carbocycles. The molecule has 5 N–H and O–H groups in total. The van der Waals surface area contributed by atoms with E-state index in [4.69, 9.17) is 19.4 Å². The normalized spacial score (nSPS) is 25.0. The van der Waals surface area contributed by atoms with Gasteiger partial charge in [-0.25, -0.2) is 14.8 Å². The van der Waals surface area contributed by atoms with Gasteiger partial charge in [0.1, 0.15) is 40.9 Å². The molecule has 2 saturated heterocycles. The molecule has 0 bridgehead atoms. The molecule has 3 aromatic rings. The lowest BCUT2D eigenvalue weighted by molar-refractivity contribution is -0.141. The smallest absolute Gasteiger partial charge is 0.315 e. The summed E-state index contributed by atoms with van der Waals surface area (Å²) in [5.41, 5.74) is 0.0110. The van der Waals surface area contributed by atoms with Gasteiger partial charge in [0.25, 0.3) is 10.2 Å². The van der Waals surface area contributed by atoms with E-state index in [0.717, 1.165) is 24.4 Å². The molecule has 376 valence electrons. The van der Waals surface area contributed by atoms with Gasteiger partial charge in [0.2, 0.25) is 17.7 Å². The summed E-state index contributed by atoms with van der Waals surface area (Å²) in [5, 5.41) is 18.6. The molecule has 2 aromatic heterocycles. The average molecular weight is 991 g/mol. The highest BCUT2D eigenvalue weighted by Crippen LogP contribution is 2.46. The molecule has 20 heteroatoms. The van der Waals surface area contributed by atoms with Crippen molar-refractivity contribution in [3.8, 4) is 22.9 Å². The highest BCUT2D eigenvalue weighted by molar-refractivity contribution is 7.87. The Morgan fingerprint density at radius 1 is 1.07 bits per heavy atom. The Kier molecular flexibility index (Phi) is 16.0. The number of ether oxygens (including phenoxy) is 2. The van der Waals surface area contributed by atoms with Crippen LogP contribution in [0.4, 0.5) is 9.93 Å². The van der Waals surface area contributed by atoms with Crippen LogP contribution in [-0.4, -0.2) is 137 Å². The standard InChI is InChI=1S/C49H70N10O8S2/c1-10-20-50-45(62)49-26-32(49)16-14-12-11-13-15-17-36(53-46(63)55-42(48(6,7)8)28-57-21-22-59(31(4)5)69(57,64)65)44(61)58-27-34(24-40(58)43(60)56-49)67-41-25-38(39-29-68-47(54-39)51-30(2)3)52-37-23-33(66-9)18-19-35(37)41/h10,14,16,18-19,23,25,29-32,34,36,40,42H,1,11-13,15,17,20-22,24,26-28H2,2-9H3,(H,50,62)(H,51,54)(H,56,60)(H2,53,55,63)/t32?,34-,36+,40+,42?,49-/m1/s1. The second-order valence-electron chi connectivity index (χ2n) is 20.2. The van der Waals surface area contributed by atoms with Gasteiger partial charge in [-0.2, -0.15) is 17.0 Å². The molecule has 1 aliphatic carbocycles. The number of fused-ring (bicyclic) bond motifs is 3. The number of benzene rings is 1. The average Bonchev–Trinajstić information content (AvgIpc) is 3.55. The number of nitrogens with one attached hydrogen (secondary N) is 5. The minimum atomic E-state index is -3.74. The number of carbonyl (C=O) groups is 4. The number of thiazole rings is 1. The van der Waals surface area contributed by atoms with E-state index in [1.807, 2.05) is 90.3 Å². The summed E-state index contributed by atoms with van der Waals surface area (Å²) in [7, 11) is -2.16. The van der Waals surface area contributed by atoms with E-state index in [2.05, 4.69) is 33.2 Å². The van der Waals surface area contributed by atoms with E-state index in [1.54, 1.807) is 13.2 Å². The van der Waals surface area contributed by atoms with Crippen molar-refractivity contribution in [1.29, 1.82) is 0 Å². The molecular formula is C49H70N10O8S2. The van der Waals surface area contributed by atoms with Crippen molar-refractivity contribution in [2.75, 3.05) is 45.2 Å². The van der Waals surface area contributed by atoms with Crippen LogP contribution in [-0.2, 0) is 24.6 Å². The van der Waals surface area contributed by atoms with Gasteiger partial charge < -0.3 is 41.0 Å². The van der Waals surface area contributed by atoms with Crippen molar-refractivity contribution < 1.29 is 37.1 Å². The first-order valence-electron chi connectivity index (χ1n) is 24.1. The number of hydrogen-bond acceptors (Lipinski definition) is 12. The molecule has 4 aliphatic rings.